The summed E-state index contributed by atoms with van der Waals surface area (Å²) in [6, 6.07) is 3.16. The van der Waals surface area contributed by atoms with Crippen LogP contribution in [0.4, 0.5) is 19.0 Å². The molecule has 112 valence electrons. The Balaban J connectivity index is 2.52. The molecule has 0 aliphatic carbocycles. The van der Waals surface area contributed by atoms with Gasteiger partial charge in [-0.05, 0) is 25.0 Å². The van der Waals surface area contributed by atoms with E-state index in [4.69, 9.17) is 0 Å². The standard InChI is InChI=1S/C14H15F3N4/c1-3-5-19-12-7-11(10-4-6-18-8-9(10)2)20-13(21-12)14(15,16)17/h4,6-8H,3,5H2,1-2H3,(H,19,20,21). The lowest BCUT2D eigenvalue weighted by Gasteiger charge is -2.12. The predicted molar refractivity (Wildman–Crippen MR) is 73.8 cm³/mol. The number of nitrogens with zero attached hydrogens (tertiary/aromatic N) is 3. The van der Waals surface area contributed by atoms with Gasteiger partial charge in [-0.2, -0.15) is 13.2 Å². The summed E-state index contributed by atoms with van der Waals surface area (Å²) < 4.78 is 38.8. The Morgan fingerprint density at radius 3 is 2.62 bits per heavy atom. The van der Waals surface area contributed by atoms with Gasteiger partial charge >= 0.3 is 6.18 Å². The zero-order valence-corrected chi connectivity index (χ0v) is 11.7. The highest BCUT2D eigenvalue weighted by atomic mass is 19.4. The van der Waals surface area contributed by atoms with E-state index in [2.05, 4.69) is 20.3 Å². The molecule has 0 unspecified atom stereocenters. The summed E-state index contributed by atoms with van der Waals surface area (Å²) in [5.74, 6) is -0.972. The maximum atomic E-state index is 12.9. The fraction of sp³-hybridized carbons (Fsp3) is 0.357. The fourth-order valence-electron chi connectivity index (χ4n) is 1.82. The van der Waals surface area contributed by atoms with Gasteiger partial charge < -0.3 is 5.32 Å². The van der Waals surface area contributed by atoms with Crippen molar-refractivity contribution in [3.05, 3.63) is 35.9 Å². The van der Waals surface area contributed by atoms with Gasteiger partial charge in [0.25, 0.3) is 0 Å². The highest BCUT2D eigenvalue weighted by molar-refractivity contribution is 5.65. The van der Waals surface area contributed by atoms with E-state index in [1.165, 1.54) is 12.3 Å². The molecule has 4 nitrogen and oxygen atoms in total. The Labute approximate surface area is 120 Å². The van der Waals surface area contributed by atoms with Crippen molar-refractivity contribution in [1.29, 1.82) is 0 Å². The number of alkyl halides is 3. The first-order valence-corrected chi connectivity index (χ1v) is 6.53. The second kappa shape index (κ2) is 6.07. The lowest BCUT2D eigenvalue weighted by Crippen LogP contribution is -2.14. The van der Waals surface area contributed by atoms with Crippen LogP contribution in [-0.4, -0.2) is 21.5 Å². The summed E-state index contributed by atoms with van der Waals surface area (Å²) in [5, 5.41) is 2.87. The topological polar surface area (TPSA) is 50.7 Å². The molecule has 7 heteroatoms. The average Bonchev–Trinajstić information content (AvgIpc) is 2.44. The number of aromatic nitrogens is 3. The van der Waals surface area contributed by atoms with Gasteiger partial charge in [0.15, 0.2) is 0 Å². The van der Waals surface area contributed by atoms with E-state index in [9.17, 15) is 13.2 Å². The van der Waals surface area contributed by atoms with Crippen LogP contribution in [-0.2, 0) is 6.18 Å². The minimum absolute atomic E-state index is 0.172. The molecule has 0 fully saturated rings. The number of hydrogen-bond acceptors (Lipinski definition) is 4. The van der Waals surface area contributed by atoms with Crippen LogP contribution in [0.25, 0.3) is 11.3 Å². The molecular formula is C14H15F3N4. The van der Waals surface area contributed by atoms with Gasteiger partial charge in [-0.3, -0.25) is 4.98 Å². The van der Waals surface area contributed by atoms with E-state index in [0.717, 1.165) is 12.0 Å². The van der Waals surface area contributed by atoms with E-state index < -0.39 is 12.0 Å². The highest BCUT2D eigenvalue weighted by Gasteiger charge is 2.35. The van der Waals surface area contributed by atoms with E-state index in [1.807, 2.05) is 6.92 Å². The van der Waals surface area contributed by atoms with Gasteiger partial charge in [0, 0.05) is 30.6 Å². The van der Waals surface area contributed by atoms with Crippen molar-refractivity contribution in [3.63, 3.8) is 0 Å². The monoisotopic (exact) mass is 296 g/mol. The summed E-state index contributed by atoms with van der Waals surface area (Å²) in [6.07, 6.45) is -0.685. The third kappa shape index (κ3) is 3.68. The molecule has 0 amide bonds. The van der Waals surface area contributed by atoms with Crippen LogP contribution in [0.1, 0.15) is 24.7 Å². The maximum absolute atomic E-state index is 12.9. The fourth-order valence-corrected chi connectivity index (χ4v) is 1.82. The summed E-state index contributed by atoms with van der Waals surface area (Å²) >= 11 is 0. The van der Waals surface area contributed by atoms with Crippen molar-refractivity contribution < 1.29 is 13.2 Å². The van der Waals surface area contributed by atoms with Crippen LogP contribution >= 0.6 is 0 Å². The van der Waals surface area contributed by atoms with Crippen molar-refractivity contribution in [1.82, 2.24) is 15.0 Å². The van der Waals surface area contributed by atoms with E-state index in [-0.39, 0.29) is 11.5 Å². The summed E-state index contributed by atoms with van der Waals surface area (Å²) in [7, 11) is 0. The Bertz CT molecular complexity index is 626. The number of halogens is 3. The molecule has 0 saturated heterocycles. The molecule has 0 bridgehead atoms. The van der Waals surface area contributed by atoms with Crippen LogP contribution in [0.15, 0.2) is 24.5 Å². The van der Waals surface area contributed by atoms with E-state index in [1.54, 1.807) is 19.2 Å². The molecule has 2 aromatic rings. The third-order valence-corrected chi connectivity index (χ3v) is 2.83. The Morgan fingerprint density at radius 2 is 2.00 bits per heavy atom. The molecule has 0 aliphatic heterocycles. The minimum Gasteiger partial charge on any atom is -0.370 e. The third-order valence-electron chi connectivity index (χ3n) is 2.83. The highest BCUT2D eigenvalue weighted by Crippen LogP contribution is 2.30. The van der Waals surface area contributed by atoms with Crippen LogP contribution < -0.4 is 5.32 Å². The zero-order chi connectivity index (χ0) is 15.5. The molecule has 2 aromatic heterocycles. The van der Waals surface area contributed by atoms with E-state index >= 15 is 0 Å². The van der Waals surface area contributed by atoms with Crippen molar-refractivity contribution >= 4 is 5.82 Å². The molecule has 0 saturated carbocycles. The van der Waals surface area contributed by atoms with E-state index in [0.29, 0.717) is 12.1 Å². The quantitative estimate of drug-likeness (QED) is 0.935. The first kappa shape index (κ1) is 15.2. The van der Waals surface area contributed by atoms with Gasteiger partial charge in [0.05, 0.1) is 5.69 Å². The summed E-state index contributed by atoms with van der Waals surface area (Å²) in [5.41, 5.74) is 1.60. The first-order valence-electron chi connectivity index (χ1n) is 6.53. The average molecular weight is 296 g/mol. The summed E-state index contributed by atoms with van der Waals surface area (Å²) in [4.78, 5) is 11.1. The molecule has 0 atom stereocenters. The lowest BCUT2D eigenvalue weighted by atomic mass is 10.1. The Kier molecular flexibility index (Phi) is 4.40. The molecule has 0 aromatic carbocycles. The van der Waals surface area contributed by atoms with Crippen molar-refractivity contribution in [2.75, 3.05) is 11.9 Å². The van der Waals surface area contributed by atoms with Crippen molar-refractivity contribution in [2.24, 2.45) is 0 Å². The molecule has 1 N–H and O–H groups in total. The number of hydrogen-bond donors (Lipinski definition) is 1. The molecule has 0 radical (unpaired) electrons. The Hall–Kier alpha value is -2.18. The lowest BCUT2D eigenvalue weighted by molar-refractivity contribution is -0.144. The maximum Gasteiger partial charge on any atom is 0.451 e. The van der Waals surface area contributed by atoms with Crippen molar-refractivity contribution in [2.45, 2.75) is 26.4 Å². The normalized spacial score (nSPS) is 11.5. The molecule has 21 heavy (non-hydrogen) atoms. The number of nitrogens with one attached hydrogen (secondary N) is 1. The second-order valence-corrected chi connectivity index (χ2v) is 4.58. The number of anilines is 1. The van der Waals surface area contributed by atoms with Gasteiger partial charge in [-0.15, -0.1) is 0 Å². The van der Waals surface area contributed by atoms with Gasteiger partial charge in [-0.25, -0.2) is 9.97 Å². The summed E-state index contributed by atoms with van der Waals surface area (Å²) in [6.45, 7) is 4.24. The van der Waals surface area contributed by atoms with Crippen LogP contribution in [0.3, 0.4) is 0 Å². The predicted octanol–water partition coefficient (Wildman–Crippen LogP) is 3.69. The van der Waals surface area contributed by atoms with Crippen LogP contribution in [0.5, 0.6) is 0 Å². The van der Waals surface area contributed by atoms with Crippen molar-refractivity contribution in [3.8, 4) is 11.3 Å². The number of pyridine rings is 1. The van der Waals surface area contributed by atoms with Gasteiger partial charge in [-0.1, -0.05) is 6.92 Å². The van der Waals surface area contributed by atoms with Gasteiger partial charge in [0.1, 0.15) is 5.82 Å². The zero-order valence-electron chi connectivity index (χ0n) is 11.7. The number of aryl methyl sites for hydroxylation is 1. The second-order valence-electron chi connectivity index (χ2n) is 4.58. The number of rotatable bonds is 4. The minimum atomic E-state index is -4.58. The molecule has 2 heterocycles. The molecular weight excluding hydrogens is 281 g/mol. The first-order chi connectivity index (χ1) is 9.91. The molecule has 0 aliphatic rings. The van der Waals surface area contributed by atoms with Gasteiger partial charge in [0.2, 0.25) is 5.82 Å². The van der Waals surface area contributed by atoms with Crippen LogP contribution in [0.2, 0.25) is 0 Å². The largest absolute Gasteiger partial charge is 0.451 e. The SMILES string of the molecule is CCCNc1cc(-c2ccncc2C)nc(C(F)(F)F)n1. The molecule has 2 rings (SSSR count). The smallest absolute Gasteiger partial charge is 0.370 e. The Morgan fingerprint density at radius 1 is 1.24 bits per heavy atom. The van der Waals surface area contributed by atoms with Crippen LogP contribution in [0, 0.1) is 6.92 Å². The molecule has 0 spiro atoms.